The van der Waals surface area contributed by atoms with Crippen LogP contribution < -0.4 is 0 Å². The molecule has 588 valence electrons. The van der Waals surface area contributed by atoms with Crippen LogP contribution in [0.4, 0.5) is 0 Å². The zero-order valence-electron chi connectivity index (χ0n) is 64.6. The van der Waals surface area contributed by atoms with Crippen molar-refractivity contribution in [3.63, 3.8) is 0 Å². The zero-order valence-corrected chi connectivity index (χ0v) is 66.4. The minimum atomic E-state index is -4.96. The molecule has 0 saturated heterocycles. The van der Waals surface area contributed by atoms with E-state index in [-0.39, 0.29) is 25.7 Å². The van der Waals surface area contributed by atoms with Gasteiger partial charge < -0.3 is 33.8 Å². The Kier molecular flexibility index (Phi) is 71.6. The largest absolute Gasteiger partial charge is 0.472 e. The fourth-order valence-electron chi connectivity index (χ4n) is 12.4. The highest BCUT2D eigenvalue weighted by atomic mass is 31.2. The molecule has 0 aliphatic carbocycles. The third kappa shape index (κ3) is 72.8. The first-order valence-corrected chi connectivity index (χ1v) is 44.7. The van der Waals surface area contributed by atoms with Gasteiger partial charge in [0.15, 0.2) is 12.2 Å². The molecule has 0 spiro atoms. The number of aliphatic hydroxyl groups is 1. The maximum absolute atomic E-state index is 13.1. The van der Waals surface area contributed by atoms with Gasteiger partial charge in [-0.2, -0.15) is 0 Å². The number of rotatable bonds is 80. The first-order chi connectivity index (χ1) is 48.1. The summed E-state index contributed by atoms with van der Waals surface area (Å²) in [5.41, 5.74) is 0. The molecule has 6 atom stereocenters. The van der Waals surface area contributed by atoms with Crippen LogP contribution in [-0.2, 0) is 65.4 Å². The lowest BCUT2D eigenvalue weighted by Gasteiger charge is -2.21. The van der Waals surface area contributed by atoms with Crippen LogP contribution in [-0.4, -0.2) is 96.7 Å². The second-order valence-electron chi connectivity index (χ2n) is 29.1. The molecule has 0 fully saturated rings. The van der Waals surface area contributed by atoms with Gasteiger partial charge in [0.2, 0.25) is 0 Å². The summed E-state index contributed by atoms with van der Waals surface area (Å²) in [6.45, 7) is 7.33. The van der Waals surface area contributed by atoms with Crippen molar-refractivity contribution in [2.24, 2.45) is 5.92 Å². The highest BCUT2D eigenvalue weighted by Gasteiger charge is 2.30. The lowest BCUT2D eigenvalue weighted by molar-refractivity contribution is -0.161. The van der Waals surface area contributed by atoms with Gasteiger partial charge in [0, 0.05) is 25.7 Å². The summed E-state index contributed by atoms with van der Waals surface area (Å²) in [6.07, 6.45) is 63.6. The summed E-state index contributed by atoms with van der Waals surface area (Å²) in [6, 6.07) is 0. The number of aliphatic hydroxyl groups excluding tert-OH is 1. The number of unbranched alkanes of at least 4 members (excludes halogenated alkanes) is 51. The Morgan fingerprint density at radius 3 is 0.717 bits per heavy atom. The fraction of sp³-hybridized carbons (Fsp3) is 0.950. The molecule has 19 heteroatoms. The van der Waals surface area contributed by atoms with Crippen molar-refractivity contribution in [3.8, 4) is 0 Å². The molecule has 0 aromatic heterocycles. The van der Waals surface area contributed by atoms with Crippen molar-refractivity contribution in [3.05, 3.63) is 0 Å². The second kappa shape index (κ2) is 73.0. The van der Waals surface area contributed by atoms with E-state index >= 15 is 0 Å². The van der Waals surface area contributed by atoms with E-state index in [1.807, 2.05) is 0 Å². The van der Waals surface area contributed by atoms with E-state index in [4.69, 9.17) is 37.0 Å². The highest BCUT2D eigenvalue weighted by molar-refractivity contribution is 7.47. The molecule has 0 aliphatic rings. The van der Waals surface area contributed by atoms with Crippen molar-refractivity contribution in [1.82, 2.24) is 0 Å². The van der Waals surface area contributed by atoms with Gasteiger partial charge in [-0.25, -0.2) is 9.13 Å². The van der Waals surface area contributed by atoms with Gasteiger partial charge >= 0.3 is 39.5 Å². The van der Waals surface area contributed by atoms with Crippen molar-refractivity contribution < 1.29 is 80.2 Å². The Hall–Kier alpha value is -1.94. The first-order valence-electron chi connectivity index (χ1n) is 41.7. The minimum absolute atomic E-state index is 0.108. The fourth-order valence-corrected chi connectivity index (χ4v) is 14.0. The Labute approximate surface area is 607 Å². The molecule has 3 unspecified atom stereocenters. The van der Waals surface area contributed by atoms with Crippen LogP contribution in [0.5, 0.6) is 0 Å². The van der Waals surface area contributed by atoms with Crippen LogP contribution >= 0.6 is 15.6 Å². The lowest BCUT2D eigenvalue weighted by atomic mass is 9.99. The highest BCUT2D eigenvalue weighted by Crippen LogP contribution is 2.45. The average molecular weight is 1450 g/mol. The van der Waals surface area contributed by atoms with Gasteiger partial charge in [-0.05, 0) is 31.6 Å². The molecule has 0 radical (unpaired) electrons. The number of hydrogen-bond acceptors (Lipinski definition) is 15. The molecule has 0 saturated carbocycles. The molecule has 17 nitrogen and oxygen atoms in total. The van der Waals surface area contributed by atoms with Gasteiger partial charge in [0.25, 0.3) is 0 Å². The van der Waals surface area contributed by atoms with E-state index in [9.17, 15) is 43.2 Å². The Morgan fingerprint density at radius 1 is 0.283 bits per heavy atom. The first kappa shape index (κ1) is 97.1. The van der Waals surface area contributed by atoms with Crippen molar-refractivity contribution >= 4 is 39.5 Å². The van der Waals surface area contributed by atoms with E-state index in [1.165, 1.54) is 250 Å². The van der Waals surface area contributed by atoms with E-state index in [2.05, 4.69) is 34.6 Å². The van der Waals surface area contributed by atoms with E-state index in [1.54, 1.807) is 0 Å². The molecule has 0 bridgehead atoms. The summed E-state index contributed by atoms with van der Waals surface area (Å²) >= 11 is 0. The van der Waals surface area contributed by atoms with Gasteiger partial charge in [0.05, 0.1) is 26.4 Å². The van der Waals surface area contributed by atoms with Crippen LogP contribution in [0, 0.1) is 5.92 Å². The molecule has 0 aromatic rings. The molecule has 0 heterocycles. The predicted octanol–water partition coefficient (Wildman–Crippen LogP) is 24.0. The van der Waals surface area contributed by atoms with Crippen LogP contribution in [0.2, 0.25) is 0 Å². The van der Waals surface area contributed by atoms with Gasteiger partial charge in [-0.15, -0.1) is 0 Å². The number of carbonyl (C=O) groups is 4. The minimum Gasteiger partial charge on any atom is -0.462 e. The van der Waals surface area contributed by atoms with E-state index < -0.39 is 97.5 Å². The van der Waals surface area contributed by atoms with Crippen molar-refractivity contribution in [2.75, 3.05) is 39.6 Å². The third-order valence-electron chi connectivity index (χ3n) is 19.1. The molecule has 0 amide bonds. The predicted molar refractivity (Wildman–Crippen MR) is 405 cm³/mol. The quantitative estimate of drug-likeness (QED) is 0.0222. The van der Waals surface area contributed by atoms with Gasteiger partial charge in [0.1, 0.15) is 19.3 Å². The molecular formula is C80H156O17P2. The molecule has 0 rings (SSSR count). The standard InChI is InChI=1S/C80H156O17P2/c1-6-10-13-16-19-22-25-28-31-32-33-34-35-38-41-44-51-56-61-66-80(85)96-75(69-90-77(82)63-58-53-48-42-39-36-29-26-23-20-17-14-11-7-2)71-94-98(86,87)92-67-74(81)68-93-99(88,89)95-72-76(70-91-78(83)64-59-54-49-46-45-47-52-57-62-73(5)9-4)97-79(84)65-60-55-50-43-40-37-30-27-24-21-18-15-12-8-3/h73-76,81H,6-72H2,1-5H3,(H,86,87)(H,88,89)/t73?,74-,75-,76-/m1/s1. The van der Waals surface area contributed by atoms with E-state index in [0.29, 0.717) is 25.7 Å². The van der Waals surface area contributed by atoms with Crippen LogP contribution in [0.3, 0.4) is 0 Å². The molecule has 3 N–H and O–H groups in total. The number of hydrogen-bond donors (Lipinski definition) is 3. The maximum Gasteiger partial charge on any atom is 0.472 e. The number of esters is 4. The monoisotopic (exact) mass is 1450 g/mol. The molecule has 0 aliphatic heterocycles. The lowest BCUT2D eigenvalue weighted by Crippen LogP contribution is -2.30. The van der Waals surface area contributed by atoms with Gasteiger partial charge in [-0.3, -0.25) is 37.3 Å². The van der Waals surface area contributed by atoms with Gasteiger partial charge in [-0.1, -0.05) is 375 Å². The summed E-state index contributed by atoms with van der Waals surface area (Å²) in [4.78, 5) is 73.0. The summed E-state index contributed by atoms with van der Waals surface area (Å²) in [7, 11) is -9.92. The maximum atomic E-state index is 13.1. The normalized spacial score (nSPS) is 14.1. The van der Waals surface area contributed by atoms with Crippen LogP contribution in [0.15, 0.2) is 0 Å². The average Bonchev–Trinajstić information content (AvgIpc) is 1.05. The summed E-state index contributed by atoms with van der Waals surface area (Å²) in [5, 5.41) is 10.6. The summed E-state index contributed by atoms with van der Waals surface area (Å²) in [5.74, 6) is -1.33. The Balaban J connectivity index is 5.25. The summed E-state index contributed by atoms with van der Waals surface area (Å²) < 4.78 is 68.7. The molecular weight excluding hydrogens is 1290 g/mol. The van der Waals surface area contributed by atoms with E-state index in [0.717, 1.165) is 95.8 Å². The number of carbonyl (C=O) groups excluding carboxylic acids is 4. The second-order valence-corrected chi connectivity index (χ2v) is 32.0. The Morgan fingerprint density at radius 2 is 0.485 bits per heavy atom. The topological polar surface area (TPSA) is 237 Å². The van der Waals surface area contributed by atoms with Crippen molar-refractivity contribution in [1.29, 1.82) is 0 Å². The number of ether oxygens (including phenoxy) is 4. The van der Waals surface area contributed by atoms with Crippen LogP contribution in [0.1, 0.15) is 426 Å². The molecule has 99 heavy (non-hydrogen) atoms. The number of phosphoric ester groups is 2. The molecule has 0 aromatic carbocycles. The SMILES string of the molecule is CCCCCCCCCCCCCCCCCCCCCC(=O)O[C@H](COC(=O)CCCCCCCCCCCCCCCC)COP(=O)(O)OC[C@@H](O)COP(=O)(O)OC[C@@H](COC(=O)CCCCCCCCCCC(C)CC)OC(=O)CCCCCCCCCCCCCCCC. The van der Waals surface area contributed by atoms with Crippen LogP contribution in [0.25, 0.3) is 0 Å². The zero-order chi connectivity index (χ0) is 72.7. The number of phosphoric acid groups is 2. The van der Waals surface area contributed by atoms with Crippen molar-refractivity contribution in [2.45, 2.75) is 445 Å². The smallest absolute Gasteiger partial charge is 0.462 e. The Bertz CT molecular complexity index is 1890. The third-order valence-corrected chi connectivity index (χ3v) is 21.0.